The van der Waals surface area contributed by atoms with Crippen LogP contribution in [0.15, 0.2) is 24.3 Å². The van der Waals surface area contributed by atoms with Crippen LogP contribution in [0.25, 0.3) is 0 Å². The number of aliphatic carboxylic acids is 1. The van der Waals surface area contributed by atoms with E-state index in [0.29, 0.717) is 6.07 Å². The van der Waals surface area contributed by atoms with E-state index >= 15 is 0 Å². The zero-order chi connectivity index (χ0) is 14.1. The predicted octanol–water partition coefficient (Wildman–Crippen LogP) is 2.30. The van der Waals surface area contributed by atoms with Crippen LogP contribution in [0.4, 0.5) is 17.6 Å². The molecule has 0 spiro atoms. The summed E-state index contributed by atoms with van der Waals surface area (Å²) in [5, 5.41) is 8.90. The number of carboxylic acid groups (broad SMARTS) is 1. The van der Waals surface area contributed by atoms with Crippen LogP contribution >= 0.6 is 0 Å². The summed E-state index contributed by atoms with van der Waals surface area (Å²) in [5.74, 6) is -1.73. The highest BCUT2D eigenvalue weighted by Gasteiger charge is 2.43. The summed E-state index contributed by atoms with van der Waals surface area (Å²) in [6, 6.07) is 3.35. The molecule has 0 bridgehead atoms. The van der Waals surface area contributed by atoms with Crippen LogP contribution in [0.1, 0.15) is 18.1 Å². The molecule has 100 valence electrons. The van der Waals surface area contributed by atoms with Crippen LogP contribution in [0.3, 0.4) is 0 Å². The van der Waals surface area contributed by atoms with Crippen molar-refractivity contribution in [1.82, 2.24) is 0 Å². The topological polar surface area (TPSA) is 63.3 Å². The van der Waals surface area contributed by atoms with Gasteiger partial charge in [-0.05, 0) is 24.6 Å². The van der Waals surface area contributed by atoms with Crippen molar-refractivity contribution in [2.45, 2.75) is 24.8 Å². The van der Waals surface area contributed by atoms with Crippen molar-refractivity contribution in [3.63, 3.8) is 0 Å². The van der Waals surface area contributed by atoms with E-state index in [0.717, 1.165) is 25.1 Å². The summed E-state index contributed by atoms with van der Waals surface area (Å²) < 4.78 is 50.8. The van der Waals surface area contributed by atoms with E-state index in [-0.39, 0.29) is 0 Å². The summed E-state index contributed by atoms with van der Waals surface area (Å²) >= 11 is 0. The molecule has 0 radical (unpaired) electrons. The minimum Gasteiger partial charge on any atom is -0.480 e. The third kappa shape index (κ3) is 2.45. The van der Waals surface area contributed by atoms with Gasteiger partial charge in [0.2, 0.25) is 0 Å². The van der Waals surface area contributed by atoms with E-state index in [2.05, 4.69) is 0 Å². The van der Waals surface area contributed by atoms with Crippen LogP contribution in [0, 0.1) is 0 Å². The second-order valence-electron chi connectivity index (χ2n) is 3.87. The number of benzene rings is 1. The third-order valence-electron chi connectivity index (χ3n) is 2.65. The monoisotopic (exact) mass is 265 g/mol. The molecule has 3 nitrogen and oxygen atoms in total. The Balaban J connectivity index is 3.36. The van der Waals surface area contributed by atoms with Gasteiger partial charge in [-0.25, -0.2) is 9.18 Å². The maximum absolute atomic E-state index is 13.3. The molecule has 2 atom stereocenters. The highest BCUT2D eigenvalue weighted by Crippen LogP contribution is 2.33. The van der Waals surface area contributed by atoms with Gasteiger partial charge in [-0.3, -0.25) is 0 Å². The Labute approximate surface area is 100 Å². The summed E-state index contributed by atoms with van der Waals surface area (Å²) in [6.07, 6.45) is -6.69. The Morgan fingerprint density at radius 1 is 1.33 bits per heavy atom. The Morgan fingerprint density at radius 2 is 1.83 bits per heavy atom. The molecule has 0 saturated carbocycles. The van der Waals surface area contributed by atoms with Gasteiger partial charge in [0, 0.05) is 0 Å². The molecule has 7 heteroatoms. The summed E-state index contributed by atoms with van der Waals surface area (Å²) in [6.45, 7) is 0.883. The molecule has 0 amide bonds. The largest absolute Gasteiger partial charge is 0.480 e. The van der Waals surface area contributed by atoms with Gasteiger partial charge in [-0.1, -0.05) is 12.1 Å². The quantitative estimate of drug-likeness (QED) is 0.824. The maximum atomic E-state index is 13.3. The van der Waals surface area contributed by atoms with Crippen molar-refractivity contribution in [2.24, 2.45) is 5.73 Å². The first kappa shape index (κ1) is 14.4. The van der Waals surface area contributed by atoms with Gasteiger partial charge in [0.15, 0.2) is 5.54 Å². The van der Waals surface area contributed by atoms with Gasteiger partial charge in [0.05, 0.1) is 5.56 Å². The lowest BCUT2D eigenvalue weighted by atomic mass is 9.86. The minimum absolute atomic E-state index is 0.431. The molecular formula is C11H11F4NO2. The van der Waals surface area contributed by atoms with Crippen molar-refractivity contribution in [3.8, 4) is 0 Å². The fourth-order valence-electron chi connectivity index (χ4n) is 1.48. The van der Waals surface area contributed by atoms with E-state index in [9.17, 15) is 22.4 Å². The van der Waals surface area contributed by atoms with E-state index in [1.165, 1.54) is 0 Å². The Morgan fingerprint density at radius 3 is 2.22 bits per heavy atom. The normalized spacial score (nSPS) is 17.0. The first-order chi connectivity index (χ1) is 8.10. The van der Waals surface area contributed by atoms with E-state index in [4.69, 9.17) is 10.8 Å². The van der Waals surface area contributed by atoms with Crippen LogP contribution in [-0.2, 0) is 16.5 Å². The SMILES string of the molecule is CC(F)C(N)(C(=O)O)c1cccc(C(F)(F)F)c1. The fourth-order valence-corrected chi connectivity index (χ4v) is 1.48. The van der Waals surface area contributed by atoms with E-state index < -0.39 is 35.0 Å². The van der Waals surface area contributed by atoms with Gasteiger partial charge < -0.3 is 10.8 Å². The lowest BCUT2D eigenvalue weighted by Gasteiger charge is -2.27. The van der Waals surface area contributed by atoms with Gasteiger partial charge >= 0.3 is 12.1 Å². The molecule has 18 heavy (non-hydrogen) atoms. The zero-order valence-electron chi connectivity index (χ0n) is 9.33. The van der Waals surface area contributed by atoms with E-state index in [1.54, 1.807) is 0 Å². The zero-order valence-corrected chi connectivity index (χ0v) is 9.33. The van der Waals surface area contributed by atoms with Crippen molar-refractivity contribution in [3.05, 3.63) is 35.4 Å². The average Bonchev–Trinajstić information content (AvgIpc) is 2.26. The van der Waals surface area contributed by atoms with Crippen molar-refractivity contribution in [1.29, 1.82) is 0 Å². The van der Waals surface area contributed by atoms with Gasteiger partial charge in [0.25, 0.3) is 0 Å². The number of hydrogen-bond donors (Lipinski definition) is 2. The van der Waals surface area contributed by atoms with Crippen LogP contribution in [0.5, 0.6) is 0 Å². The second kappa shape index (κ2) is 4.56. The lowest BCUT2D eigenvalue weighted by Crippen LogP contribution is -2.51. The predicted molar refractivity (Wildman–Crippen MR) is 55.5 cm³/mol. The molecule has 0 aliphatic rings. The third-order valence-corrected chi connectivity index (χ3v) is 2.65. The standard InChI is InChI=1S/C11H11F4NO2/c1-6(12)10(16,9(17)18)7-3-2-4-8(5-7)11(13,14)15/h2-6H,16H2,1H3,(H,17,18). The highest BCUT2D eigenvalue weighted by atomic mass is 19.4. The number of halogens is 4. The smallest absolute Gasteiger partial charge is 0.416 e. The number of alkyl halides is 4. The molecule has 0 saturated heterocycles. The molecule has 1 aromatic carbocycles. The number of nitrogens with two attached hydrogens (primary N) is 1. The fraction of sp³-hybridized carbons (Fsp3) is 0.364. The van der Waals surface area contributed by atoms with Gasteiger partial charge in [-0.15, -0.1) is 0 Å². The summed E-state index contributed by atoms with van der Waals surface area (Å²) in [5.41, 5.74) is 1.37. The first-order valence-electron chi connectivity index (χ1n) is 4.94. The molecule has 3 N–H and O–H groups in total. The Bertz CT molecular complexity index is 459. The molecule has 0 aliphatic heterocycles. The molecule has 1 rings (SSSR count). The van der Waals surface area contributed by atoms with E-state index in [1.807, 2.05) is 0 Å². The number of carbonyl (C=O) groups is 1. The average molecular weight is 265 g/mol. The lowest BCUT2D eigenvalue weighted by molar-refractivity contribution is -0.146. The number of hydrogen-bond acceptors (Lipinski definition) is 2. The molecular weight excluding hydrogens is 254 g/mol. The molecule has 0 heterocycles. The molecule has 0 aliphatic carbocycles. The maximum Gasteiger partial charge on any atom is 0.416 e. The summed E-state index contributed by atoms with van der Waals surface area (Å²) in [7, 11) is 0. The highest BCUT2D eigenvalue weighted by molar-refractivity contribution is 5.81. The minimum atomic E-state index is -4.64. The van der Waals surface area contributed by atoms with Crippen molar-refractivity contribution >= 4 is 5.97 Å². The van der Waals surface area contributed by atoms with Crippen molar-refractivity contribution < 1.29 is 27.5 Å². The molecule has 1 aromatic rings. The molecule has 0 aromatic heterocycles. The molecule has 0 fully saturated rings. The van der Waals surface area contributed by atoms with Gasteiger partial charge in [-0.2, -0.15) is 13.2 Å². The van der Waals surface area contributed by atoms with Gasteiger partial charge in [0.1, 0.15) is 6.17 Å². The van der Waals surface area contributed by atoms with Crippen molar-refractivity contribution in [2.75, 3.05) is 0 Å². The summed E-state index contributed by atoms with van der Waals surface area (Å²) in [4.78, 5) is 11.0. The number of carboxylic acids is 1. The Kier molecular flexibility index (Phi) is 3.66. The van der Waals surface area contributed by atoms with Crippen LogP contribution < -0.4 is 5.73 Å². The van der Waals surface area contributed by atoms with Crippen LogP contribution in [0.2, 0.25) is 0 Å². The second-order valence-corrected chi connectivity index (χ2v) is 3.87. The molecule has 2 unspecified atom stereocenters. The number of rotatable bonds is 3. The van der Waals surface area contributed by atoms with Crippen LogP contribution in [-0.4, -0.2) is 17.2 Å². The first-order valence-corrected chi connectivity index (χ1v) is 4.94. The Hall–Kier alpha value is -1.63.